The topological polar surface area (TPSA) is 33.0 Å². The molecule has 2 nitrogen and oxygen atoms in total. The number of hydrogen-bond donors (Lipinski definition) is 0. The molecule has 0 amide bonds. The first-order valence-electron chi connectivity index (χ1n) is 3.12. The second-order valence-corrected chi connectivity index (χ2v) is 2.46. The third kappa shape index (κ3) is 1.49. The lowest BCUT2D eigenvalue weighted by atomic mass is 10.2. The SMILES string of the molecule is COc1cc(C#N)cc(F)c1Cl. The van der Waals surface area contributed by atoms with Gasteiger partial charge in [0.25, 0.3) is 0 Å². The van der Waals surface area contributed by atoms with Crippen LogP contribution in [0.1, 0.15) is 5.56 Å². The number of halogens is 2. The van der Waals surface area contributed by atoms with Crippen LogP contribution in [0.4, 0.5) is 4.39 Å². The fourth-order valence-corrected chi connectivity index (χ4v) is 0.963. The Morgan fingerprint density at radius 2 is 2.25 bits per heavy atom. The van der Waals surface area contributed by atoms with E-state index in [1.165, 1.54) is 13.2 Å². The molecule has 0 atom stereocenters. The van der Waals surface area contributed by atoms with E-state index in [1.807, 2.05) is 0 Å². The van der Waals surface area contributed by atoms with Crippen molar-refractivity contribution in [2.45, 2.75) is 0 Å². The summed E-state index contributed by atoms with van der Waals surface area (Å²) in [5.41, 5.74) is 0.189. The molecule has 0 saturated heterocycles. The van der Waals surface area contributed by atoms with Gasteiger partial charge in [0.2, 0.25) is 0 Å². The van der Waals surface area contributed by atoms with Gasteiger partial charge in [-0.2, -0.15) is 5.26 Å². The van der Waals surface area contributed by atoms with Crippen LogP contribution in [-0.2, 0) is 0 Å². The van der Waals surface area contributed by atoms with Crippen LogP contribution >= 0.6 is 11.6 Å². The zero-order valence-electron chi connectivity index (χ0n) is 6.27. The van der Waals surface area contributed by atoms with Crippen molar-refractivity contribution in [1.29, 1.82) is 5.26 Å². The van der Waals surface area contributed by atoms with Gasteiger partial charge in [0, 0.05) is 0 Å². The Bertz CT molecular complexity index is 346. The quantitative estimate of drug-likeness (QED) is 0.673. The smallest absolute Gasteiger partial charge is 0.146 e. The third-order valence-corrected chi connectivity index (χ3v) is 1.71. The van der Waals surface area contributed by atoms with Crippen molar-refractivity contribution in [1.82, 2.24) is 0 Å². The molecule has 0 bridgehead atoms. The highest BCUT2D eigenvalue weighted by molar-refractivity contribution is 6.32. The Morgan fingerprint density at radius 3 is 2.75 bits per heavy atom. The van der Waals surface area contributed by atoms with E-state index in [9.17, 15) is 4.39 Å². The monoisotopic (exact) mass is 185 g/mol. The van der Waals surface area contributed by atoms with Crippen molar-refractivity contribution in [2.24, 2.45) is 0 Å². The molecular formula is C8H5ClFNO. The van der Waals surface area contributed by atoms with Gasteiger partial charge in [-0.05, 0) is 12.1 Å². The number of nitriles is 1. The Hall–Kier alpha value is -1.27. The molecule has 0 N–H and O–H groups in total. The summed E-state index contributed by atoms with van der Waals surface area (Å²) in [7, 11) is 1.36. The number of benzene rings is 1. The molecule has 0 radical (unpaired) electrons. The molecule has 1 aromatic rings. The van der Waals surface area contributed by atoms with Crippen LogP contribution in [0.15, 0.2) is 12.1 Å². The molecule has 0 spiro atoms. The van der Waals surface area contributed by atoms with Crippen LogP contribution in [0.3, 0.4) is 0 Å². The van der Waals surface area contributed by atoms with E-state index in [0.717, 1.165) is 6.07 Å². The van der Waals surface area contributed by atoms with Crippen LogP contribution in [0, 0.1) is 17.1 Å². The molecule has 62 valence electrons. The van der Waals surface area contributed by atoms with Crippen molar-refractivity contribution < 1.29 is 9.13 Å². The average Bonchev–Trinajstić information content (AvgIpc) is 2.09. The highest BCUT2D eigenvalue weighted by Crippen LogP contribution is 2.28. The molecular weight excluding hydrogens is 181 g/mol. The molecule has 1 rings (SSSR count). The zero-order valence-corrected chi connectivity index (χ0v) is 7.02. The van der Waals surface area contributed by atoms with Crippen LogP contribution in [-0.4, -0.2) is 7.11 Å². The van der Waals surface area contributed by atoms with E-state index in [1.54, 1.807) is 6.07 Å². The van der Waals surface area contributed by atoms with Crippen molar-refractivity contribution in [3.05, 3.63) is 28.5 Å². The minimum absolute atomic E-state index is 0.100. The molecule has 12 heavy (non-hydrogen) atoms. The number of nitrogens with zero attached hydrogens (tertiary/aromatic N) is 1. The fraction of sp³-hybridized carbons (Fsp3) is 0.125. The number of methoxy groups -OCH3 is 1. The average molecular weight is 186 g/mol. The van der Waals surface area contributed by atoms with Gasteiger partial charge in [0.15, 0.2) is 0 Å². The first-order valence-corrected chi connectivity index (χ1v) is 3.50. The normalized spacial score (nSPS) is 9.17. The van der Waals surface area contributed by atoms with E-state index in [0.29, 0.717) is 0 Å². The molecule has 0 aromatic heterocycles. The number of ether oxygens (including phenoxy) is 1. The molecule has 4 heteroatoms. The highest BCUT2D eigenvalue weighted by atomic mass is 35.5. The highest BCUT2D eigenvalue weighted by Gasteiger charge is 2.08. The minimum Gasteiger partial charge on any atom is -0.495 e. The van der Waals surface area contributed by atoms with Gasteiger partial charge in [0.1, 0.15) is 16.6 Å². The molecule has 0 heterocycles. The summed E-state index contributed by atoms with van der Waals surface area (Å²) in [6.07, 6.45) is 0. The van der Waals surface area contributed by atoms with E-state index in [-0.39, 0.29) is 16.3 Å². The molecule has 0 unspecified atom stereocenters. The molecule has 0 aliphatic rings. The van der Waals surface area contributed by atoms with Crippen molar-refractivity contribution in [3.63, 3.8) is 0 Å². The Balaban J connectivity index is 3.31. The van der Waals surface area contributed by atoms with Gasteiger partial charge in [-0.15, -0.1) is 0 Å². The van der Waals surface area contributed by atoms with Gasteiger partial charge in [-0.3, -0.25) is 0 Å². The summed E-state index contributed by atoms with van der Waals surface area (Å²) in [5, 5.41) is 8.36. The molecule has 1 aromatic carbocycles. The maximum Gasteiger partial charge on any atom is 0.146 e. The summed E-state index contributed by atoms with van der Waals surface area (Å²) >= 11 is 5.51. The first-order chi connectivity index (χ1) is 5.69. The van der Waals surface area contributed by atoms with Gasteiger partial charge in [-0.25, -0.2) is 4.39 Å². The Kier molecular flexibility index (Phi) is 2.51. The van der Waals surface area contributed by atoms with E-state index in [4.69, 9.17) is 21.6 Å². The van der Waals surface area contributed by atoms with Crippen LogP contribution < -0.4 is 4.74 Å². The molecule has 0 aliphatic heterocycles. The molecule has 0 saturated carbocycles. The predicted octanol–water partition coefficient (Wildman–Crippen LogP) is 2.36. The van der Waals surface area contributed by atoms with Crippen LogP contribution in [0.5, 0.6) is 5.75 Å². The second kappa shape index (κ2) is 3.42. The lowest BCUT2D eigenvalue weighted by molar-refractivity contribution is 0.411. The minimum atomic E-state index is -0.646. The summed E-state index contributed by atoms with van der Waals surface area (Å²) in [5.74, 6) is -0.471. The Morgan fingerprint density at radius 1 is 1.58 bits per heavy atom. The standard InChI is InChI=1S/C8H5ClFNO/c1-12-7-3-5(4-11)2-6(10)8(7)9/h2-3H,1H3. The predicted molar refractivity (Wildman–Crippen MR) is 42.7 cm³/mol. The Labute approximate surface area is 74.1 Å². The van der Waals surface area contributed by atoms with Crippen molar-refractivity contribution in [2.75, 3.05) is 7.11 Å². The summed E-state index contributed by atoms with van der Waals surface area (Å²) < 4.78 is 17.6. The van der Waals surface area contributed by atoms with Gasteiger partial charge in [0.05, 0.1) is 18.7 Å². The number of rotatable bonds is 1. The van der Waals surface area contributed by atoms with E-state index >= 15 is 0 Å². The summed E-state index contributed by atoms with van der Waals surface area (Å²) in [4.78, 5) is 0. The lowest BCUT2D eigenvalue weighted by Crippen LogP contribution is -1.89. The van der Waals surface area contributed by atoms with Crippen molar-refractivity contribution >= 4 is 11.6 Å². The van der Waals surface area contributed by atoms with Crippen LogP contribution in [0.25, 0.3) is 0 Å². The summed E-state index contributed by atoms with van der Waals surface area (Å²) in [6, 6.07) is 4.23. The van der Waals surface area contributed by atoms with E-state index < -0.39 is 5.82 Å². The number of hydrogen-bond acceptors (Lipinski definition) is 2. The van der Waals surface area contributed by atoms with Crippen molar-refractivity contribution in [3.8, 4) is 11.8 Å². The summed E-state index contributed by atoms with van der Waals surface area (Å²) in [6.45, 7) is 0. The first kappa shape index (κ1) is 8.82. The second-order valence-electron chi connectivity index (χ2n) is 2.09. The van der Waals surface area contributed by atoms with Gasteiger partial charge >= 0.3 is 0 Å². The zero-order chi connectivity index (χ0) is 9.14. The molecule has 0 aliphatic carbocycles. The molecule has 0 fully saturated rings. The lowest BCUT2D eigenvalue weighted by Gasteiger charge is -2.03. The maximum absolute atomic E-state index is 12.9. The maximum atomic E-state index is 12.9. The van der Waals surface area contributed by atoms with Gasteiger partial charge < -0.3 is 4.74 Å². The van der Waals surface area contributed by atoms with Gasteiger partial charge in [-0.1, -0.05) is 11.6 Å². The fourth-order valence-electron chi connectivity index (χ4n) is 0.777. The largest absolute Gasteiger partial charge is 0.495 e. The third-order valence-electron chi connectivity index (χ3n) is 1.34. The van der Waals surface area contributed by atoms with Crippen LogP contribution in [0.2, 0.25) is 5.02 Å². The van der Waals surface area contributed by atoms with E-state index in [2.05, 4.69) is 0 Å².